The maximum Gasteiger partial charge on any atom is 0.152 e. The highest BCUT2D eigenvalue weighted by Crippen LogP contribution is 2.48. The third-order valence-corrected chi connectivity index (χ3v) is 4.94. The minimum atomic E-state index is -0.479. The minimum absolute atomic E-state index is 0.103. The molecule has 22 heavy (non-hydrogen) atoms. The number of carbonyl (C=O) groups excluding carboxylic acids is 1. The molecule has 1 heterocycles. The van der Waals surface area contributed by atoms with Gasteiger partial charge in [-0.15, -0.1) is 0 Å². The largest absolute Gasteiger partial charge is 0.497 e. The van der Waals surface area contributed by atoms with E-state index in [4.69, 9.17) is 10.5 Å². The molecule has 2 rings (SSSR count). The number of nitrogens with two attached hydrogens (primary N) is 1. The Morgan fingerprint density at radius 1 is 1.32 bits per heavy atom. The van der Waals surface area contributed by atoms with E-state index in [9.17, 15) is 10.1 Å². The molecule has 2 N–H and O–H groups in total. The Morgan fingerprint density at radius 3 is 2.36 bits per heavy atom. The molecule has 0 bridgehead atoms. The van der Waals surface area contributed by atoms with Crippen LogP contribution in [0.15, 0.2) is 34.9 Å². The summed E-state index contributed by atoms with van der Waals surface area (Å²) in [4.78, 5) is 12.7. The molecular formula is C17H20N2O2S. The average Bonchev–Trinajstić information content (AvgIpc) is 2.82. The van der Waals surface area contributed by atoms with Crippen molar-refractivity contribution in [1.82, 2.24) is 0 Å². The van der Waals surface area contributed by atoms with Crippen LogP contribution in [0.1, 0.15) is 32.3 Å². The molecule has 1 aliphatic heterocycles. The number of nitrogens with zero attached hydrogens (tertiary/aromatic N) is 1. The molecule has 0 radical (unpaired) electrons. The molecule has 1 aromatic carbocycles. The lowest BCUT2D eigenvalue weighted by Crippen LogP contribution is -2.33. The summed E-state index contributed by atoms with van der Waals surface area (Å²) >= 11 is 1.30. The summed E-state index contributed by atoms with van der Waals surface area (Å²) in [7, 11) is 1.60. The van der Waals surface area contributed by atoms with E-state index in [1.54, 1.807) is 7.11 Å². The van der Waals surface area contributed by atoms with E-state index in [2.05, 4.69) is 6.07 Å². The van der Waals surface area contributed by atoms with Gasteiger partial charge in [-0.05, 0) is 17.7 Å². The van der Waals surface area contributed by atoms with Crippen molar-refractivity contribution in [2.45, 2.75) is 31.9 Å². The third kappa shape index (κ3) is 2.97. The Balaban J connectivity index is 2.45. The summed E-state index contributed by atoms with van der Waals surface area (Å²) in [6.45, 7) is 5.67. The Bertz CT molecular complexity index is 651. The second-order valence-corrected chi connectivity index (χ2v) is 7.48. The van der Waals surface area contributed by atoms with Crippen molar-refractivity contribution in [2.75, 3.05) is 7.11 Å². The van der Waals surface area contributed by atoms with Gasteiger partial charge in [-0.3, -0.25) is 4.79 Å². The highest BCUT2D eigenvalue weighted by atomic mass is 32.2. The maximum atomic E-state index is 12.7. The lowest BCUT2D eigenvalue weighted by molar-refractivity contribution is -0.125. The van der Waals surface area contributed by atoms with E-state index in [0.717, 1.165) is 11.3 Å². The lowest BCUT2D eigenvalue weighted by Gasteiger charge is -2.26. The van der Waals surface area contributed by atoms with Crippen molar-refractivity contribution in [3.8, 4) is 11.8 Å². The van der Waals surface area contributed by atoms with Crippen LogP contribution >= 0.6 is 11.8 Å². The summed E-state index contributed by atoms with van der Waals surface area (Å²) in [5.74, 6) is 0.544. The van der Waals surface area contributed by atoms with Gasteiger partial charge in [-0.2, -0.15) is 5.26 Å². The Morgan fingerprint density at radius 2 is 1.91 bits per heavy atom. The van der Waals surface area contributed by atoms with Crippen LogP contribution in [0.4, 0.5) is 0 Å². The van der Waals surface area contributed by atoms with Crippen molar-refractivity contribution in [2.24, 2.45) is 11.1 Å². The molecule has 2 atom stereocenters. The molecule has 1 aromatic rings. The second kappa shape index (κ2) is 6.05. The molecule has 4 nitrogen and oxygen atoms in total. The first-order valence-electron chi connectivity index (χ1n) is 7.04. The minimum Gasteiger partial charge on any atom is -0.497 e. The molecule has 2 unspecified atom stereocenters. The van der Waals surface area contributed by atoms with Gasteiger partial charge in [0.15, 0.2) is 5.78 Å². The third-order valence-electron chi connectivity index (χ3n) is 3.73. The van der Waals surface area contributed by atoms with E-state index < -0.39 is 5.41 Å². The fourth-order valence-electron chi connectivity index (χ4n) is 2.48. The van der Waals surface area contributed by atoms with Gasteiger partial charge in [-0.25, -0.2) is 0 Å². The van der Waals surface area contributed by atoms with Crippen molar-refractivity contribution in [3.05, 3.63) is 40.4 Å². The molecule has 0 spiro atoms. The van der Waals surface area contributed by atoms with Crippen molar-refractivity contribution < 1.29 is 9.53 Å². The van der Waals surface area contributed by atoms with Crippen LogP contribution in [0.25, 0.3) is 0 Å². The zero-order valence-corrected chi connectivity index (χ0v) is 14.0. The van der Waals surface area contributed by atoms with Crippen LogP contribution in [0.2, 0.25) is 0 Å². The lowest BCUT2D eigenvalue weighted by atomic mass is 9.80. The smallest absolute Gasteiger partial charge is 0.152 e. The average molecular weight is 316 g/mol. The second-order valence-electron chi connectivity index (χ2n) is 6.29. The number of hydrogen-bond acceptors (Lipinski definition) is 5. The SMILES string of the molecule is COc1ccc(C2C(C#N)=C(N)SC2C(=O)C(C)(C)C)cc1. The predicted molar refractivity (Wildman–Crippen MR) is 88.4 cm³/mol. The summed E-state index contributed by atoms with van der Waals surface area (Å²) in [6, 6.07) is 9.63. The fraction of sp³-hybridized carbons (Fsp3) is 0.412. The van der Waals surface area contributed by atoms with Gasteiger partial charge in [0, 0.05) is 11.3 Å². The first kappa shape index (κ1) is 16.4. The monoisotopic (exact) mass is 316 g/mol. The number of benzene rings is 1. The summed E-state index contributed by atoms with van der Waals surface area (Å²) in [5, 5.41) is 9.53. The number of thioether (sulfide) groups is 1. The molecule has 0 saturated heterocycles. The molecule has 0 fully saturated rings. The van der Waals surface area contributed by atoms with Crippen molar-refractivity contribution >= 4 is 17.5 Å². The van der Waals surface area contributed by atoms with E-state index >= 15 is 0 Å². The van der Waals surface area contributed by atoms with Crippen LogP contribution in [-0.2, 0) is 4.79 Å². The van der Waals surface area contributed by atoms with Gasteiger partial charge in [0.25, 0.3) is 0 Å². The zero-order valence-electron chi connectivity index (χ0n) is 13.2. The van der Waals surface area contributed by atoms with Gasteiger partial charge in [0.2, 0.25) is 0 Å². The van der Waals surface area contributed by atoms with Crippen molar-refractivity contribution in [3.63, 3.8) is 0 Å². The standard InChI is InChI=1S/C17H20N2O2S/c1-17(2,3)15(20)14-13(12(9-18)16(19)22-14)10-5-7-11(21-4)8-6-10/h5-8,13-14H,19H2,1-4H3. The van der Waals surface area contributed by atoms with Crippen molar-refractivity contribution in [1.29, 1.82) is 5.26 Å². The highest BCUT2D eigenvalue weighted by Gasteiger charge is 2.43. The predicted octanol–water partition coefficient (Wildman–Crippen LogP) is 3.20. The molecule has 5 heteroatoms. The normalized spacial score (nSPS) is 21.6. The fourth-order valence-corrected chi connectivity index (χ4v) is 3.95. The quantitative estimate of drug-likeness (QED) is 0.926. The van der Waals surface area contributed by atoms with E-state index in [0.29, 0.717) is 10.6 Å². The summed E-state index contributed by atoms with van der Waals surface area (Å²) < 4.78 is 5.16. The Labute approximate surface area is 135 Å². The number of carbonyl (C=O) groups is 1. The first-order valence-corrected chi connectivity index (χ1v) is 7.92. The molecule has 116 valence electrons. The summed E-state index contributed by atoms with van der Waals surface area (Å²) in [5.41, 5.74) is 6.90. The van der Waals surface area contributed by atoms with Crippen LogP contribution in [0.3, 0.4) is 0 Å². The van der Waals surface area contributed by atoms with Gasteiger partial charge in [0.1, 0.15) is 5.75 Å². The number of ether oxygens (including phenoxy) is 1. The van der Waals surface area contributed by atoms with Gasteiger partial charge < -0.3 is 10.5 Å². The number of methoxy groups -OCH3 is 1. The van der Waals surface area contributed by atoms with Gasteiger partial charge >= 0.3 is 0 Å². The first-order chi connectivity index (χ1) is 10.3. The molecule has 0 amide bonds. The molecule has 0 aromatic heterocycles. The summed E-state index contributed by atoms with van der Waals surface area (Å²) in [6.07, 6.45) is 0. The van der Waals surface area contributed by atoms with Crippen LogP contribution in [0.5, 0.6) is 5.75 Å². The zero-order chi connectivity index (χ0) is 16.5. The molecule has 0 aliphatic carbocycles. The topological polar surface area (TPSA) is 76.1 Å². The van der Waals surface area contributed by atoms with Crippen LogP contribution in [0, 0.1) is 16.7 Å². The number of Topliss-reactive ketones (excluding diaryl/α,β-unsaturated/α-hetero) is 1. The Hall–Kier alpha value is -1.93. The van der Waals surface area contributed by atoms with E-state index in [1.807, 2.05) is 45.0 Å². The number of nitriles is 1. The van der Waals surface area contributed by atoms with Crippen LogP contribution in [-0.4, -0.2) is 18.1 Å². The van der Waals surface area contributed by atoms with E-state index in [1.165, 1.54) is 11.8 Å². The van der Waals surface area contributed by atoms with Gasteiger partial charge in [0.05, 0.1) is 29.0 Å². The number of allylic oxidation sites excluding steroid dienone is 1. The maximum absolute atomic E-state index is 12.7. The van der Waals surface area contributed by atoms with Crippen LogP contribution < -0.4 is 10.5 Å². The molecule has 0 saturated carbocycles. The molecular weight excluding hydrogens is 296 g/mol. The highest BCUT2D eigenvalue weighted by molar-refractivity contribution is 8.04. The van der Waals surface area contributed by atoms with Gasteiger partial charge in [-0.1, -0.05) is 44.7 Å². The van der Waals surface area contributed by atoms with E-state index in [-0.39, 0.29) is 17.0 Å². The molecule has 1 aliphatic rings. The number of ketones is 1. The Kier molecular flexibility index (Phi) is 4.52. The number of rotatable bonds is 3. The number of hydrogen-bond donors (Lipinski definition) is 1.